The van der Waals surface area contributed by atoms with Gasteiger partial charge in [0.25, 0.3) is 0 Å². The molecule has 270 valence electrons. The fourth-order valence-corrected chi connectivity index (χ4v) is 10.9. The maximum Gasteiger partial charge on any atom is 0.165 e. The molecule has 5 nitrogen and oxygen atoms in total. The standard InChI is InChI=1S/C54H29N5/c1-2-15-33(16-3-1)57-43-23-10-8-19-37(43)40-27-32(25-26-45(40)57)36-21-12-22-38-41-28-30-13-5-7-18-35(30)47-49-54(59(50(36)38)51(41)47)55-48-42-29-31-14-4-6-17-34(31)46-39-20-9-11-24-44(39)58(52(42)46)53(48)56-49/h1-29H. The summed E-state index contributed by atoms with van der Waals surface area (Å²) in [6.45, 7) is 0. The Hall–Kier alpha value is -8.02. The molecular weight excluding hydrogens is 719 g/mol. The highest BCUT2D eigenvalue weighted by Gasteiger charge is 2.27. The highest BCUT2D eigenvalue weighted by molar-refractivity contribution is 6.34. The topological polar surface area (TPSA) is 39.5 Å². The number of para-hydroxylation sites is 4. The summed E-state index contributed by atoms with van der Waals surface area (Å²) in [7, 11) is 0. The van der Waals surface area contributed by atoms with E-state index < -0.39 is 0 Å². The minimum Gasteiger partial charge on any atom is -0.309 e. The summed E-state index contributed by atoms with van der Waals surface area (Å²) >= 11 is 0. The predicted octanol–water partition coefficient (Wildman–Crippen LogP) is 13.8. The zero-order valence-corrected chi connectivity index (χ0v) is 31.5. The molecule has 0 aliphatic rings. The zero-order valence-electron chi connectivity index (χ0n) is 31.5. The molecule has 0 N–H and O–H groups in total. The van der Waals surface area contributed by atoms with Crippen molar-refractivity contribution in [2.24, 2.45) is 0 Å². The summed E-state index contributed by atoms with van der Waals surface area (Å²) in [6.07, 6.45) is 0. The zero-order chi connectivity index (χ0) is 38.1. The molecule has 0 amide bonds. The molecule has 0 atom stereocenters. The minimum atomic E-state index is 0.890. The lowest BCUT2D eigenvalue weighted by molar-refractivity contribution is 1.18. The molecular formula is C54H29N5. The number of hydrogen-bond acceptors (Lipinski definition) is 2. The summed E-state index contributed by atoms with van der Waals surface area (Å²) in [4.78, 5) is 11.5. The highest BCUT2D eigenvalue weighted by Crippen LogP contribution is 2.48. The molecule has 0 unspecified atom stereocenters. The van der Waals surface area contributed by atoms with E-state index in [-0.39, 0.29) is 0 Å². The Labute approximate surface area is 334 Å². The van der Waals surface area contributed by atoms with Gasteiger partial charge in [-0.3, -0.25) is 8.80 Å². The van der Waals surface area contributed by atoms with Crippen molar-refractivity contribution in [1.82, 2.24) is 23.3 Å². The third kappa shape index (κ3) is 3.59. The number of fused-ring (bicyclic) bond motifs is 19. The lowest BCUT2D eigenvalue weighted by atomic mass is 9.98. The quantitative estimate of drug-likeness (QED) is 0.177. The van der Waals surface area contributed by atoms with Crippen LogP contribution in [0, 0.1) is 0 Å². The predicted molar refractivity (Wildman–Crippen MR) is 246 cm³/mol. The third-order valence-electron chi connectivity index (χ3n) is 13.2. The van der Waals surface area contributed by atoms with Gasteiger partial charge in [0, 0.05) is 54.3 Å². The average molecular weight is 748 g/mol. The van der Waals surface area contributed by atoms with Crippen LogP contribution < -0.4 is 0 Å². The van der Waals surface area contributed by atoms with Crippen LogP contribution in [0.4, 0.5) is 0 Å². The van der Waals surface area contributed by atoms with Crippen LogP contribution >= 0.6 is 0 Å². The van der Waals surface area contributed by atoms with Gasteiger partial charge in [-0.1, -0.05) is 127 Å². The summed E-state index contributed by atoms with van der Waals surface area (Å²) in [5.41, 5.74) is 14.2. The minimum absolute atomic E-state index is 0.890. The van der Waals surface area contributed by atoms with Gasteiger partial charge in [0.2, 0.25) is 0 Å². The molecule has 59 heavy (non-hydrogen) atoms. The molecule has 9 aromatic carbocycles. The molecule has 6 heterocycles. The van der Waals surface area contributed by atoms with Crippen molar-refractivity contribution in [3.05, 3.63) is 176 Å². The summed E-state index contributed by atoms with van der Waals surface area (Å²) in [5.74, 6) is 0. The van der Waals surface area contributed by atoms with E-state index in [0.717, 1.165) is 49.8 Å². The van der Waals surface area contributed by atoms with Crippen LogP contribution in [0.15, 0.2) is 176 Å². The second-order valence-corrected chi connectivity index (χ2v) is 16.1. The van der Waals surface area contributed by atoms with Crippen molar-refractivity contribution in [2.45, 2.75) is 0 Å². The maximum atomic E-state index is 5.77. The van der Waals surface area contributed by atoms with E-state index in [9.17, 15) is 0 Å². The molecule has 0 spiro atoms. The Morgan fingerprint density at radius 2 is 0.949 bits per heavy atom. The molecule has 15 rings (SSSR count). The Kier molecular flexibility index (Phi) is 5.36. The summed E-state index contributed by atoms with van der Waals surface area (Å²) < 4.78 is 7.19. The fraction of sp³-hybridized carbons (Fsp3) is 0. The van der Waals surface area contributed by atoms with Gasteiger partial charge in [0.1, 0.15) is 11.0 Å². The van der Waals surface area contributed by atoms with Gasteiger partial charge >= 0.3 is 0 Å². The van der Waals surface area contributed by atoms with Crippen LogP contribution in [0.3, 0.4) is 0 Å². The van der Waals surface area contributed by atoms with Crippen LogP contribution in [-0.2, 0) is 0 Å². The third-order valence-corrected chi connectivity index (χ3v) is 13.2. The molecule has 0 fully saturated rings. The van der Waals surface area contributed by atoms with E-state index in [0.29, 0.717) is 0 Å². The normalized spacial score (nSPS) is 12.7. The van der Waals surface area contributed by atoms with Crippen molar-refractivity contribution in [1.29, 1.82) is 0 Å². The Morgan fingerprint density at radius 3 is 1.78 bits per heavy atom. The van der Waals surface area contributed by atoms with Gasteiger partial charge in [0.15, 0.2) is 11.3 Å². The van der Waals surface area contributed by atoms with Gasteiger partial charge in [-0.05, 0) is 75.6 Å². The van der Waals surface area contributed by atoms with Crippen LogP contribution in [0.2, 0.25) is 0 Å². The molecule has 6 aromatic heterocycles. The van der Waals surface area contributed by atoms with E-state index in [1.165, 1.54) is 87.1 Å². The lowest BCUT2D eigenvalue weighted by Gasteiger charge is -2.09. The molecule has 0 saturated carbocycles. The molecule has 0 bridgehead atoms. The smallest absolute Gasteiger partial charge is 0.165 e. The van der Waals surface area contributed by atoms with Gasteiger partial charge < -0.3 is 4.57 Å². The van der Waals surface area contributed by atoms with Crippen LogP contribution in [0.5, 0.6) is 0 Å². The van der Waals surface area contributed by atoms with Crippen molar-refractivity contribution >= 4 is 120 Å². The molecule has 0 radical (unpaired) electrons. The molecule has 5 heteroatoms. The number of rotatable bonds is 2. The molecule has 0 aliphatic carbocycles. The van der Waals surface area contributed by atoms with E-state index in [1.807, 2.05) is 0 Å². The number of nitrogens with zero attached hydrogens (tertiary/aromatic N) is 5. The van der Waals surface area contributed by atoms with Crippen molar-refractivity contribution in [3.63, 3.8) is 0 Å². The Bertz CT molecular complexity index is 4300. The van der Waals surface area contributed by atoms with E-state index in [4.69, 9.17) is 9.97 Å². The first-order valence-electron chi connectivity index (χ1n) is 20.3. The van der Waals surface area contributed by atoms with Crippen molar-refractivity contribution in [3.8, 4) is 16.8 Å². The van der Waals surface area contributed by atoms with Crippen molar-refractivity contribution in [2.75, 3.05) is 0 Å². The van der Waals surface area contributed by atoms with Gasteiger partial charge in [-0.25, -0.2) is 9.97 Å². The van der Waals surface area contributed by atoms with Gasteiger partial charge in [0.05, 0.1) is 33.1 Å². The monoisotopic (exact) mass is 747 g/mol. The van der Waals surface area contributed by atoms with Crippen LogP contribution in [-0.4, -0.2) is 23.3 Å². The van der Waals surface area contributed by atoms with Crippen LogP contribution in [0.1, 0.15) is 0 Å². The van der Waals surface area contributed by atoms with E-state index >= 15 is 0 Å². The summed E-state index contributed by atoms with van der Waals surface area (Å²) in [5, 5.41) is 14.6. The van der Waals surface area contributed by atoms with Crippen molar-refractivity contribution < 1.29 is 0 Å². The fourth-order valence-electron chi connectivity index (χ4n) is 10.9. The lowest BCUT2D eigenvalue weighted by Crippen LogP contribution is -1.93. The van der Waals surface area contributed by atoms with E-state index in [1.54, 1.807) is 0 Å². The van der Waals surface area contributed by atoms with E-state index in [2.05, 4.69) is 189 Å². The van der Waals surface area contributed by atoms with Gasteiger partial charge in [-0.2, -0.15) is 0 Å². The molecule has 15 aromatic rings. The number of benzene rings is 9. The first-order valence-corrected chi connectivity index (χ1v) is 20.3. The molecule has 0 saturated heterocycles. The maximum absolute atomic E-state index is 5.77. The second kappa shape index (κ2) is 10.5. The first-order chi connectivity index (χ1) is 29.3. The number of aromatic nitrogens is 5. The second-order valence-electron chi connectivity index (χ2n) is 16.1. The first kappa shape index (κ1) is 30.2. The summed E-state index contributed by atoms with van der Waals surface area (Å²) in [6, 6.07) is 64.2. The SMILES string of the molecule is c1ccc(-n2c3ccccc3c3cc(-c4cccc5c6cc7ccccc7c7c8nc9c(nc8n(c45)c67)c4cc5ccccc5c5c6ccccc6n9c45)ccc32)cc1. The molecule has 0 aliphatic heterocycles. The van der Waals surface area contributed by atoms with Crippen LogP contribution in [0.25, 0.3) is 137 Å². The average Bonchev–Trinajstić information content (AvgIpc) is 4.08. The Morgan fingerprint density at radius 1 is 0.339 bits per heavy atom. The number of hydrogen-bond donors (Lipinski definition) is 0. The highest BCUT2D eigenvalue weighted by atomic mass is 15.1. The largest absolute Gasteiger partial charge is 0.309 e. The van der Waals surface area contributed by atoms with Gasteiger partial charge in [-0.15, -0.1) is 0 Å². The Balaban J connectivity index is 1.12.